The lowest BCUT2D eigenvalue weighted by Crippen LogP contribution is -1.61. The lowest BCUT2D eigenvalue weighted by molar-refractivity contribution is 0.478. The summed E-state index contributed by atoms with van der Waals surface area (Å²) in [4.78, 5) is 0. The Labute approximate surface area is 54.4 Å². The standard InChI is InChI=1S/C8O/c1-3-5-6-7-8-9-4-2/q-2. The molecule has 0 saturated heterocycles. The first-order chi connectivity index (χ1) is 4.41. The Bertz CT molecular complexity index is 264. The van der Waals surface area contributed by atoms with Gasteiger partial charge in [0.25, 0.3) is 0 Å². The molecular weight excluding hydrogens is 112 g/mol. The molecule has 0 bridgehead atoms. The first-order valence-corrected chi connectivity index (χ1v) is 1.91. The quantitative estimate of drug-likeness (QED) is 0.319. The third-order valence-electron chi connectivity index (χ3n) is 0.341. The zero-order valence-electron chi connectivity index (χ0n) is 4.41. The van der Waals surface area contributed by atoms with Gasteiger partial charge in [-0.2, -0.15) is 0 Å². The highest BCUT2D eigenvalue weighted by Crippen LogP contribution is 1.58. The van der Waals surface area contributed by atoms with Crippen molar-refractivity contribution in [1.29, 1.82) is 0 Å². The maximum atomic E-state index is 6.30. The Balaban J connectivity index is 3.69. The van der Waals surface area contributed by atoms with Crippen LogP contribution in [0.3, 0.4) is 0 Å². The SMILES string of the molecule is [C-]#CC#CC#COC#[C-]. The second-order valence-corrected chi connectivity index (χ2v) is 0.806. The van der Waals surface area contributed by atoms with Crippen LogP contribution in [0.25, 0.3) is 0 Å². The van der Waals surface area contributed by atoms with Crippen LogP contribution in [0.5, 0.6) is 0 Å². The third-order valence-corrected chi connectivity index (χ3v) is 0.341. The maximum Gasteiger partial charge on any atom is 0.137 e. The summed E-state index contributed by atoms with van der Waals surface area (Å²) in [6.07, 6.45) is 16.1. The van der Waals surface area contributed by atoms with Crippen LogP contribution in [0.15, 0.2) is 0 Å². The minimum Gasteiger partial charge on any atom is -0.646 e. The van der Waals surface area contributed by atoms with Crippen LogP contribution in [0, 0.1) is 48.7 Å². The molecule has 0 unspecified atom stereocenters. The molecule has 0 amide bonds. The molecule has 0 fully saturated rings. The van der Waals surface area contributed by atoms with E-state index in [0.717, 1.165) is 0 Å². The van der Waals surface area contributed by atoms with E-state index in [-0.39, 0.29) is 0 Å². The van der Waals surface area contributed by atoms with Gasteiger partial charge in [-0.15, -0.1) is 12.0 Å². The monoisotopic (exact) mass is 112 g/mol. The molecule has 0 radical (unpaired) electrons. The van der Waals surface area contributed by atoms with Crippen LogP contribution in [0.4, 0.5) is 0 Å². The lowest BCUT2D eigenvalue weighted by atomic mass is 10.6. The number of hydrogen-bond donors (Lipinski definition) is 0. The van der Waals surface area contributed by atoms with E-state index in [1.807, 2.05) is 12.0 Å². The van der Waals surface area contributed by atoms with Crippen molar-refractivity contribution in [3.05, 3.63) is 12.8 Å². The van der Waals surface area contributed by atoms with Gasteiger partial charge in [-0.1, -0.05) is 0 Å². The molecule has 0 atom stereocenters. The predicted molar refractivity (Wildman–Crippen MR) is 30.9 cm³/mol. The molecule has 0 aliphatic rings. The molecule has 0 spiro atoms. The van der Waals surface area contributed by atoms with Gasteiger partial charge >= 0.3 is 0 Å². The smallest absolute Gasteiger partial charge is 0.137 e. The average Bonchev–Trinajstić information content (AvgIpc) is 1.89. The molecular formula is C8O-2. The van der Waals surface area contributed by atoms with E-state index < -0.39 is 0 Å². The molecule has 0 aromatic heterocycles. The van der Waals surface area contributed by atoms with Crippen molar-refractivity contribution in [3.8, 4) is 35.9 Å². The van der Waals surface area contributed by atoms with Gasteiger partial charge in [-0.25, -0.2) is 5.92 Å². The molecule has 1 nitrogen and oxygen atoms in total. The summed E-state index contributed by atoms with van der Waals surface area (Å²) in [6.45, 7) is 0. The fraction of sp³-hybridized carbons (Fsp3) is 0. The molecule has 1 heteroatoms. The molecule has 0 aromatic rings. The third kappa shape index (κ3) is 6.04. The largest absolute Gasteiger partial charge is 0.646 e. The van der Waals surface area contributed by atoms with E-state index in [0.29, 0.717) is 0 Å². The molecule has 9 heavy (non-hydrogen) atoms. The van der Waals surface area contributed by atoms with Crippen molar-refractivity contribution in [2.24, 2.45) is 0 Å². The fourth-order valence-corrected chi connectivity index (χ4v) is 0.139. The van der Waals surface area contributed by atoms with E-state index in [2.05, 4.69) is 22.5 Å². The lowest BCUT2D eigenvalue weighted by Gasteiger charge is -1.78. The highest BCUT2D eigenvalue weighted by atomic mass is 16.5. The second kappa shape index (κ2) is 6.04. The Hall–Kier alpha value is -1.96. The van der Waals surface area contributed by atoms with Gasteiger partial charge in [0.05, 0.1) is 0 Å². The van der Waals surface area contributed by atoms with Gasteiger partial charge in [-0.05, 0) is 0 Å². The van der Waals surface area contributed by atoms with E-state index in [1.165, 1.54) is 0 Å². The van der Waals surface area contributed by atoms with Crippen LogP contribution >= 0.6 is 0 Å². The van der Waals surface area contributed by atoms with Gasteiger partial charge in [0.2, 0.25) is 0 Å². The van der Waals surface area contributed by atoms with Gasteiger partial charge in [0, 0.05) is 5.92 Å². The Morgan fingerprint density at radius 1 is 1.00 bits per heavy atom. The molecule has 0 aromatic carbocycles. The van der Waals surface area contributed by atoms with Crippen molar-refractivity contribution in [1.82, 2.24) is 0 Å². The molecule has 0 rings (SSSR count). The summed E-state index contributed by atoms with van der Waals surface area (Å²) in [7, 11) is 0. The van der Waals surface area contributed by atoms with Crippen LogP contribution in [0.2, 0.25) is 0 Å². The summed E-state index contributed by atoms with van der Waals surface area (Å²) < 4.78 is 4.04. The first-order valence-electron chi connectivity index (χ1n) is 1.91. The second-order valence-electron chi connectivity index (χ2n) is 0.806. The van der Waals surface area contributed by atoms with Gasteiger partial charge in [0.15, 0.2) is 0 Å². The first kappa shape index (κ1) is 7.04. The summed E-state index contributed by atoms with van der Waals surface area (Å²) in [5.74, 6) is 8.34. The van der Waals surface area contributed by atoms with Crippen molar-refractivity contribution in [2.45, 2.75) is 0 Å². The van der Waals surface area contributed by atoms with Gasteiger partial charge in [0.1, 0.15) is 6.11 Å². The number of hydrogen-bond acceptors (Lipinski definition) is 1. The molecule has 0 aliphatic carbocycles. The minimum atomic E-state index is 1.59. The van der Waals surface area contributed by atoms with Crippen LogP contribution in [-0.4, -0.2) is 0 Å². The van der Waals surface area contributed by atoms with Gasteiger partial charge < -0.3 is 17.6 Å². The van der Waals surface area contributed by atoms with E-state index >= 15 is 0 Å². The number of ether oxygens (including phenoxy) is 1. The van der Waals surface area contributed by atoms with Crippen molar-refractivity contribution < 1.29 is 4.74 Å². The maximum absolute atomic E-state index is 6.30. The topological polar surface area (TPSA) is 9.23 Å². The molecule has 0 saturated carbocycles. The zero-order chi connectivity index (χ0) is 6.95. The summed E-state index contributed by atoms with van der Waals surface area (Å²) in [5.41, 5.74) is 0. The number of rotatable bonds is 0. The summed E-state index contributed by atoms with van der Waals surface area (Å²) in [5, 5.41) is 0. The minimum absolute atomic E-state index is 1.59. The predicted octanol–water partition coefficient (Wildman–Crippen LogP) is 0.104. The summed E-state index contributed by atoms with van der Waals surface area (Å²) in [6, 6.07) is 0. The van der Waals surface area contributed by atoms with Crippen LogP contribution in [-0.2, 0) is 4.74 Å². The van der Waals surface area contributed by atoms with E-state index in [4.69, 9.17) is 12.8 Å². The van der Waals surface area contributed by atoms with Crippen molar-refractivity contribution in [3.63, 3.8) is 0 Å². The van der Waals surface area contributed by atoms with Crippen LogP contribution in [0.1, 0.15) is 0 Å². The molecule has 0 N–H and O–H groups in total. The Morgan fingerprint density at radius 2 is 1.78 bits per heavy atom. The molecule has 0 heterocycles. The average molecular weight is 112 g/mol. The zero-order valence-corrected chi connectivity index (χ0v) is 4.41. The normalized spacial score (nSPS) is 3.78. The van der Waals surface area contributed by atoms with Crippen LogP contribution < -0.4 is 0 Å². The van der Waals surface area contributed by atoms with Crippen molar-refractivity contribution >= 4 is 0 Å². The fourth-order valence-electron chi connectivity index (χ4n) is 0.139. The highest BCUT2D eigenvalue weighted by molar-refractivity contribution is 5.31. The molecule has 40 valence electrons. The highest BCUT2D eigenvalue weighted by Gasteiger charge is 1.48. The Kier molecular flexibility index (Phi) is 4.72. The van der Waals surface area contributed by atoms with E-state index in [9.17, 15) is 0 Å². The molecule has 0 aliphatic heterocycles. The Morgan fingerprint density at radius 3 is 2.33 bits per heavy atom. The summed E-state index contributed by atoms with van der Waals surface area (Å²) >= 11 is 0. The van der Waals surface area contributed by atoms with E-state index in [1.54, 1.807) is 6.11 Å². The van der Waals surface area contributed by atoms with Gasteiger partial charge in [-0.3, -0.25) is 5.92 Å². The van der Waals surface area contributed by atoms with Crippen molar-refractivity contribution in [2.75, 3.05) is 0 Å².